The molecule has 1 rings (SSSR count). The van der Waals surface area contributed by atoms with Crippen molar-refractivity contribution in [2.24, 2.45) is 0 Å². The van der Waals surface area contributed by atoms with Gasteiger partial charge in [-0.25, -0.2) is 9.18 Å². The number of carbonyl (C=O) groups is 1. The Morgan fingerprint density at radius 1 is 1.50 bits per heavy atom. The van der Waals surface area contributed by atoms with Crippen molar-refractivity contribution in [3.05, 3.63) is 35.1 Å². The smallest absolute Gasteiger partial charge is 0.340 e. The molecule has 6 heteroatoms. The number of hydrogen-bond donors (Lipinski definition) is 1. The monoisotopic (exact) mass is 301 g/mol. The van der Waals surface area contributed by atoms with Crippen LogP contribution in [0.3, 0.4) is 0 Å². The van der Waals surface area contributed by atoms with Crippen LogP contribution in [-0.4, -0.2) is 35.3 Å². The summed E-state index contributed by atoms with van der Waals surface area (Å²) in [5, 5.41) is 3.30. The summed E-state index contributed by atoms with van der Waals surface area (Å²) in [6.45, 7) is 3.14. The van der Waals surface area contributed by atoms with Gasteiger partial charge in [0.2, 0.25) is 0 Å². The lowest BCUT2D eigenvalue weighted by Crippen LogP contribution is -2.21. The van der Waals surface area contributed by atoms with E-state index >= 15 is 0 Å². The molecule has 0 radical (unpaired) electrons. The van der Waals surface area contributed by atoms with Gasteiger partial charge in [-0.15, -0.1) is 0 Å². The van der Waals surface area contributed by atoms with Crippen molar-refractivity contribution in [2.75, 3.05) is 19.9 Å². The fourth-order valence-corrected chi connectivity index (χ4v) is 2.10. The molecule has 2 unspecified atom stereocenters. The topological polar surface area (TPSA) is 55.4 Å². The fraction of sp³-hybridized carbons (Fsp3) is 0.500. The van der Waals surface area contributed by atoms with Gasteiger partial charge in [-0.2, -0.15) is 0 Å². The molecule has 0 aliphatic carbocycles. The number of esters is 1. The Bertz CT molecular complexity index is 493. The minimum absolute atomic E-state index is 0.0637. The number of halogens is 1. The third-order valence-corrected chi connectivity index (χ3v) is 4.43. The quantitative estimate of drug-likeness (QED) is 0.617. The number of nitrogens with one attached hydrogen (secondary N) is 1. The van der Waals surface area contributed by atoms with Gasteiger partial charge in [-0.3, -0.25) is 4.21 Å². The molecule has 1 aromatic carbocycles. The molecular formula is C14H20FNO3S. The number of rotatable bonds is 7. The Labute approximate surface area is 121 Å². The second-order valence-electron chi connectivity index (χ2n) is 4.58. The van der Waals surface area contributed by atoms with Crippen LogP contribution in [-0.2, 0) is 22.1 Å². The average Bonchev–Trinajstić information content (AvgIpc) is 2.42. The van der Waals surface area contributed by atoms with Gasteiger partial charge in [0.25, 0.3) is 0 Å². The summed E-state index contributed by atoms with van der Waals surface area (Å²) >= 11 is 0. The summed E-state index contributed by atoms with van der Waals surface area (Å²) in [5.74, 6) is -1.26. The normalized spacial score (nSPS) is 13.8. The Hall–Kier alpha value is -1.27. The van der Waals surface area contributed by atoms with Gasteiger partial charge in [0, 0.05) is 28.9 Å². The van der Waals surface area contributed by atoms with Crippen LogP contribution in [0.2, 0.25) is 0 Å². The van der Waals surface area contributed by atoms with E-state index in [-0.39, 0.29) is 10.8 Å². The van der Waals surface area contributed by atoms with Gasteiger partial charge < -0.3 is 10.1 Å². The highest BCUT2D eigenvalue weighted by atomic mass is 32.2. The van der Waals surface area contributed by atoms with Crippen molar-refractivity contribution >= 4 is 16.8 Å². The zero-order valence-electron chi connectivity index (χ0n) is 11.9. The Balaban J connectivity index is 2.48. The van der Waals surface area contributed by atoms with Crippen molar-refractivity contribution in [3.8, 4) is 0 Å². The van der Waals surface area contributed by atoms with Gasteiger partial charge in [0.1, 0.15) is 5.82 Å². The molecule has 0 fully saturated rings. The minimum atomic E-state index is -0.823. The van der Waals surface area contributed by atoms with Crippen LogP contribution in [0, 0.1) is 5.82 Å². The van der Waals surface area contributed by atoms with Gasteiger partial charge >= 0.3 is 5.97 Å². The highest BCUT2D eigenvalue weighted by molar-refractivity contribution is 7.84. The molecule has 4 nitrogen and oxygen atoms in total. The van der Waals surface area contributed by atoms with Crippen LogP contribution in [0.1, 0.15) is 29.3 Å². The molecule has 112 valence electrons. The Kier molecular flexibility index (Phi) is 6.81. The minimum Gasteiger partial charge on any atom is -0.465 e. The number of benzene rings is 1. The summed E-state index contributed by atoms with van der Waals surface area (Å²) in [4.78, 5) is 11.2. The Morgan fingerprint density at radius 3 is 2.75 bits per heavy atom. The maximum Gasteiger partial charge on any atom is 0.340 e. The van der Waals surface area contributed by atoms with E-state index in [0.717, 1.165) is 12.0 Å². The molecule has 1 aromatic rings. The van der Waals surface area contributed by atoms with Crippen molar-refractivity contribution in [2.45, 2.75) is 25.1 Å². The van der Waals surface area contributed by atoms with E-state index in [2.05, 4.69) is 10.1 Å². The molecule has 0 spiro atoms. The lowest BCUT2D eigenvalue weighted by atomic mass is 10.1. The number of methoxy groups -OCH3 is 1. The zero-order valence-corrected chi connectivity index (χ0v) is 12.8. The predicted octanol–water partition coefficient (Wildman–Crippen LogP) is 1.86. The SMILES string of the molecule is COC(=O)c1ccc(CNCCC(C)S(C)=O)cc1F. The van der Waals surface area contributed by atoms with Crippen LogP contribution in [0.25, 0.3) is 0 Å². The maximum atomic E-state index is 13.7. The molecule has 0 aliphatic rings. The first kappa shape index (κ1) is 16.8. The van der Waals surface area contributed by atoms with Crippen LogP contribution in [0.4, 0.5) is 4.39 Å². The predicted molar refractivity (Wildman–Crippen MR) is 77.6 cm³/mol. The molecule has 0 bridgehead atoms. The first-order chi connectivity index (χ1) is 9.45. The van der Waals surface area contributed by atoms with E-state index in [9.17, 15) is 13.4 Å². The largest absolute Gasteiger partial charge is 0.465 e. The zero-order chi connectivity index (χ0) is 15.1. The lowest BCUT2D eigenvalue weighted by Gasteiger charge is -2.10. The van der Waals surface area contributed by atoms with Crippen molar-refractivity contribution in [3.63, 3.8) is 0 Å². The molecule has 0 aromatic heterocycles. The van der Waals surface area contributed by atoms with Crippen molar-refractivity contribution < 1.29 is 18.1 Å². The highest BCUT2D eigenvalue weighted by Crippen LogP contribution is 2.11. The molecule has 0 saturated heterocycles. The maximum absolute atomic E-state index is 13.7. The summed E-state index contributed by atoms with van der Waals surface area (Å²) in [6, 6.07) is 4.42. The summed E-state index contributed by atoms with van der Waals surface area (Å²) in [6.07, 6.45) is 2.48. The van der Waals surface area contributed by atoms with Crippen molar-refractivity contribution in [1.29, 1.82) is 0 Å². The van der Waals surface area contributed by atoms with E-state index in [1.807, 2.05) is 6.92 Å². The number of ether oxygens (including phenoxy) is 1. The number of hydrogen-bond acceptors (Lipinski definition) is 4. The van der Waals surface area contributed by atoms with E-state index in [1.165, 1.54) is 19.2 Å². The Morgan fingerprint density at radius 2 is 2.20 bits per heavy atom. The van der Waals surface area contributed by atoms with E-state index < -0.39 is 22.6 Å². The second kappa shape index (κ2) is 8.11. The molecule has 20 heavy (non-hydrogen) atoms. The van der Waals surface area contributed by atoms with Gasteiger partial charge in [-0.1, -0.05) is 13.0 Å². The first-order valence-electron chi connectivity index (χ1n) is 6.35. The molecule has 0 saturated carbocycles. The van der Waals surface area contributed by atoms with Crippen molar-refractivity contribution in [1.82, 2.24) is 5.32 Å². The molecular weight excluding hydrogens is 281 g/mol. The lowest BCUT2D eigenvalue weighted by molar-refractivity contribution is 0.0595. The molecule has 0 heterocycles. The average molecular weight is 301 g/mol. The highest BCUT2D eigenvalue weighted by Gasteiger charge is 2.12. The molecule has 2 atom stereocenters. The number of carbonyl (C=O) groups excluding carboxylic acids is 1. The first-order valence-corrected chi connectivity index (χ1v) is 7.97. The van der Waals surface area contributed by atoms with Gasteiger partial charge in [0.05, 0.1) is 12.7 Å². The molecule has 0 aliphatic heterocycles. The van der Waals surface area contributed by atoms with Crippen LogP contribution < -0.4 is 5.32 Å². The van der Waals surface area contributed by atoms with E-state index in [4.69, 9.17) is 0 Å². The third kappa shape index (κ3) is 5.02. The summed E-state index contributed by atoms with van der Waals surface area (Å²) < 4.78 is 29.3. The van der Waals surface area contributed by atoms with Gasteiger partial charge in [0.15, 0.2) is 0 Å². The fourth-order valence-electron chi connectivity index (χ4n) is 1.65. The van der Waals surface area contributed by atoms with Crippen LogP contribution >= 0.6 is 0 Å². The standard InChI is InChI=1S/C14H20FNO3S/c1-10(20(3)18)6-7-16-9-11-4-5-12(13(15)8-11)14(17)19-2/h4-5,8,10,16H,6-7,9H2,1-3H3. The third-order valence-electron chi connectivity index (χ3n) is 3.06. The second-order valence-corrected chi connectivity index (χ2v) is 6.38. The summed E-state index contributed by atoms with van der Waals surface area (Å²) in [5.41, 5.74) is 0.687. The molecule has 0 amide bonds. The van der Waals surface area contributed by atoms with Crippen LogP contribution in [0.5, 0.6) is 0 Å². The van der Waals surface area contributed by atoms with E-state index in [1.54, 1.807) is 12.3 Å². The van der Waals surface area contributed by atoms with Gasteiger partial charge in [-0.05, 0) is 30.7 Å². The summed E-state index contributed by atoms with van der Waals surface area (Å²) in [7, 11) is 0.396. The molecule has 1 N–H and O–H groups in total. The van der Waals surface area contributed by atoms with E-state index in [0.29, 0.717) is 13.1 Å². The van der Waals surface area contributed by atoms with Crippen LogP contribution in [0.15, 0.2) is 18.2 Å².